The van der Waals surface area contributed by atoms with Gasteiger partial charge in [-0.1, -0.05) is 19.8 Å². The number of thioether (sulfide) groups is 1. The van der Waals surface area contributed by atoms with Crippen LogP contribution in [0.5, 0.6) is 0 Å². The van der Waals surface area contributed by atoms with Crippen molar-refractivity contribution >= 4 is 11.8 Å². The van der Waals surface area contributed by atoms with Gasteiger partial charge in [0.2, 0.25) is 0 Å². The molecule has 1 rings (SSSR count). The maximum atomic E-state index is 3.51. The number of nitrogens with one attached hydrogen (secondary N) is 1. The van der Waals surface area contributed by atoms with Crippen molar-refractivity contribution in [3.05, 3.63) is 0 Å². The Morgan fingerprint density at radius 1 is 1.50 bits per heavy atom. The first kappa shape index (κ1) is 10.4. The van der Waals surface area contributed by atoms with Gasteiger partial charge in [-0.3, -0.25) is 0 Å². The number of hydrogen-bond donors (Lipinski definition) is 1. The zero-order valence-corrected chi connectivity index (χ0v) is 9.34. The van der Waals surface area contributed by atoms with Crippen molar-refractivity contribution < 1.29 is 0 Å². The molecule has 1 saturated heterocycles. The van der Waals surface area contributed by atoms with Gasteiger partial charge < -0.3 is 5.32 Å². The summed E-state index contributed by atoms with van der Waals surface area (Å²) in [5.41, 5.74) is 0. The maximum absolute atomic E-state index is 3.51. The Labute approximate surface area is 80.7 Å². The molecule has 72 valence electrons. The van der Waals surface area contributed by atoms with Crippen molar-refractivity contribution in [3.63, 3.8) is 0 Å². The summed E-state index contributed by atoms with van der Waals surface area (Å²) in [5, 5.41) is 4.37. The Bertz CT molecular complexity index is 134. The fourth-order valence-corrected chi connectivity index (χ4v) is 3.23. The third-order valence-electron chi connectivity index (χ3n) is 2.29. The number of hydrogen-bond acceptors (Lipinski definition) is 2. The van der Waals surface area contributed by atoms with E-state index in [1.165, 1.54) is 32.4 Å². The van der Waals surface area contributed by atoms with E-state index in [0.717, 1.165) is 5.25 Å². The van der Waals surface area contributed by atoms with Gasteiger partial charge in [-0.15, -0.1) is 11.8 Å². The van der Waals surface area contributed by atoms with Crippen molar-refractivity contribution in [1.82, 2.24) is 5.32 Å². The SMILES string of the molecule is CCCCC1CNCC(C)(C)S1. The first-order chi connectivity index (χ1) is 5.64. The standard InChI is InChI=1S/C10H21NS/c1-4-5-6-9-7-11-8-10(2,3)12-9/h9,11H,4-8H2,1-3H3. The van der Waals surface area contributed by atoms with Crippen LogP contribution in [-0.4, -0.2) is 23.1 Å². The van der Waals surface area contributed by atoms with E-state index in [0.29, 0.717) is 4.75 Å². The predicted molar refractivity (Wildman–Crippen MR) is 57.9 cm³/mol. The van der Waals surface area contributed by atoms with Crippen molar-refractivity contribution in [1.29, 1.82) is 0 Å². The summed E-state index contributed by atoms with van der Waals surface area (Å²) in [6.07, 6.45) is 4.10. The summed E-state index contributed by atoms with van der Waals surface area (Å²) in [5.74, 6) is 0. The molecule has 1 N–H and O–H groups in total. The molecule has 0 aromatic rings. The fourth-order valence-electron chi connectivity index (χ4n) is 1.66. The quantitative estimate of drug-likeness (QED) is 0.729. The van der Waals surface area contributed by atoms with Gasteiger partial charge in [-0.25, -0.2) is 0 Å². The zero-order chi connectivity index (χ0) is 9.03. The highest BCUT2D eigenvalue weighted by atomic mass is 32.2. The molecular formula is C10H21NS. The first-order valence-corrected chi connectivity index (χ1v) is 5.90. The second kappa shape index (κ2) is 4.52. The Kier molecular flexibility index (Phi) is 3.91. The Morgan fingerprint density at radius 2 is 2.25 bits per heavy atom. The third-order valence-corrected chi connectivity index (χ3v) is 3.81. The highest BCUT2D eigenvalue weighted by Gasteiger charge is 2.27. The van der Waals surface area contributed by atoms with E-state index < -0.39 is 0 Å². The van der Waals surface area contributed by atoms with Crippen LogP contribution in [0.25, 0.3) is 0 Å². The molecule has 0 spiro atoms. The molecular weight excluding hydrogens is 166 g/mol. The van der Waals surface area contributed by atoms with Gasteiger partial charge in [0, 0.05) is 23.1 Å². The van der Waals surface area contributed by atoms with Gasteiger partial charge >= 0.3 is 0 Å². The number of unbranched alkanes of at least 4 members (excludes halogenated alkanes) is 1. The average Bonchev–Trinajstić information content (AvgIpc) is 1.99. The van der Waals surface area contributed by atoms with Gasteiger partial charge in [0.15, 0.2) is 0 Å². The summed E-state index contributed by atoms with van der Waals surface area (Å²) < 4.78 is 0.455. The lowest BCUT2D eigenvalue weighted by atomic mass is 10.1. The lowest BCUT2D eigenvalue weighted by Crippen LogP contribution is -2.43. The largest absolute Gasteiger partial charge is 0.314 e. The minimum atomic E-state index is 0.455. The highest BCUT2D eigenvalue weighted by molar-refractivity contribution is 8.01. The molecule has 2 heteroatoms. The Hall–Kier alpha value is 0.310. The molecule has 1 unspecified atom stereocenters. The molecule has 1 nitrogen and oxygen atoms in total. The molecule has 12 heavy (non-hydrogen) atoms. The zero-order valence-electron chi connectivity index (χ0n) is 8.52. The van der Waals surface area contributed by atoms with Crippen LogP contribution in [0.2, 0.25) is 0 Å². The normalized spacial score (nSPS) is 28.8. The molecule has 1 aliphatic heterocycles. The van der Waals surface area contributed by atoms with E-state index in [1.807, 2.05) is 0 Å². The smallest absolute Gasteiger partial charge is 0.0231 e. The fraction of sp³-hybridized carbons (Fsp3) is 1.00. The van der Waals surface area contributed by atoms with Crippen molar-refractivity contribution in [2.45, 2.75) is 50.0 Å². The van der Waals surface area contributed by atoms with Crippen molar-refractivity contribution in [3.8, 4) is 0 Å². The van der Waals surface area contributed by atoms with Crippen LogP contribution in [-0.2, 0) is 0 Å². The van der Waals surface area contributed by atoms with Crippen LogP contribution >= 0.6 is 11.8 Å². The van der Waals surface area contributed by atoms with Gasteiger partial charge in [-0.2, -0.15) is 0 Å². The Balaban J connectivity index is 2.26. The predicted octanol–water partition coefficient (Wildman–Crippen LogP) is 2.66. The highest BCUT2D eigenvalue weighted by Crippen LogP contribution is 2.33. The van der Waals surface area contributed by atoms with Crippen LogP contribution in [0.15, 0.2) is 0 Å². The second-order valence-electron chi connectivity index (χ2n) is 4.27. The van der Waals surface area contributed by atoms with Crippen molar-refractivity contribution in [2.24, 2.45) is 0 Å². The average molecular weight is 187 g/mol. The van der Waals surface area contributed by atoms with Crippen LogP contribution in [0.4, 0.5) is 0 Å². The molecule has 1 fully saturated rings. The monoisotopic (exact) mass is 187 g/mol. The topological polar surface area (TPSA) is 12.0 Å². The summed E-state index contributed by atoms with van der Waals surface area (Å²) >= 11 is 2.17. The molecule has 0 aromatic heterocycles. The molecule has 0 aliphatic carbocycles. The van der Waals surface area contributed by atoms with E-state index in [-0.39, 0.29) is 0 Å². The van der Waals surface area contributed by atoms with E-state index >= 15 is 0 Å². The van der Waals surface area contributed by atoms with E-state index in [4.69, 9.17) is 0 Å². The Morgan fingerprint density at radius 3 is 2.83 bits per heavy atom. The minimum Gasteiger partial charge on any atom is -0.314 e. The molecule has 0 saturated carbocycles. The molecule has 1 atom stereocenters. The third kappa shape index (κ3) is 3.36. The van der Waals surface area contributed by atoms with Crippen LogP contribution in [0, 0.1) is 0 Å². The van der Waals surface area contributed by atoms with E-state index in [2.05, 4.69) is 37.8 Å². The molecule has 1 heterocycles. The van der Waals surface area contributed by atoms with Crippen molar-refractivity contribution in [2.75, 3.05) is 13.1 Å². The van der Waals surface area contributed by atoms with Crippen LogP contribution in [0.3, 0.4) is 0 Å². The van der Waals surface area contributed by atoms with Gasteiger partial charge in [-0.05, 0) is 20.3 Å². The summed E-state index contributed by atoms with van der Waals surface area (Å²) in [6.45, 7) is 9.33. The first-order valence-electron chi connectivity index (χ1n) is 5.02. The van der Waals surface area contributed by atoms with Gasteiger partial charge in [0.1, 0.15) is 0 Å². The molecule has 1 aliphatic rings. The van der Waals surface area contributed by atoms with Gasteiger partial charge in [0.05, 0.1) is 0 Å². The summed E-state index contributed by atoms with van der Waals surface area (Å²) in [6, 6.07) is 0. The molecule has 0 bridgehead atoms. The molecule has 0 aromatic carbocycles. The molecule has 0 amide bonds. The lowest BCUT2D eigenvalue weighted by molar-refractivity contribution is 0.528. The van der Waals surface area contributed by atoms with E-state index in [9.17, 15) is 0 Å². The van der Waals surface area contributed by atoms with E-state index in [1.54, 1.807) is 0 Å². The summed E-state index contributed by atoms with van der Waals surface area (Å²) in [7, 11) is 0. The lowest BCUT2D eigenvalue weighted by Gasteiger charge is -2.35. The molecule has 0 radical (unpaired) electrons. The van der Waals surface area contributed by atoms with Crippen LogP contribution in [0.1, 0.15) is 40.0 Å². The van der Waals surface area contributed by atoms with Crippen LogP contribution < -0.4 is 5.32 Å². The summed E-state index contributed by atoms with van der Waals surface area (Å²) in [4.78, 5) is 0. The number of rotatable bonds is 3. The van der Waals surface area contributed by atoms with Gasteiger partial charge in [0.25, 0.3) is 0 Å². The minimum absolute atomic E-state index is 0.455. The maximum Gasteiger partial charge on any atom is 0.0231 e. The second-order valence-corrected chi connectivity index (χ2v) is 6.28.